The van der Waals surface area contributed by atoms with E-state index in [1.54, 1.807) is 0 Å². The van der Waals surface area contributed by atoms with Crippen LogP contribution >= 0.6 is 0 Å². The molecular weight excluding hydrogens is 188 g/mol. The van der Waals surface area contributed by atoms with E-state index in [2.05, 4.69) is 17.3 Å². The molecule has 0 aromatic carbocycles. The number of fused-ring (bicyclic) bond motifs is 2. The molecule has 0 aromatic heterocycles. The van der Waals surface area contributed by atoms with E-state index in [-0.39, 0.29) is 0 Å². The summed E-state index contributed by atoms with van der Waals surface area (Å²) < 4.78 is 5.88. The average molecular weight is 210 g/mol. The number of hydrogen-bond donors (Lipinski definition) is 1. The molecule has 3 rings (SSSR count). The van der Waals surface area contributed by atoms with Gasteiger partial charge in [-0.3, -0.25) is 4.90 Å². The first-order valence-corrected chi connectivity index (χ1v) is 6.41. The van der Waals surface area contributed by atoms with Gasteiger partial charge in [0, 0.05) is 19.1 Å². The van der Waals surface area contributed by atoms with E-state index >= 15 is 0 Å². The van der Waals surface area contributed by atoms with Crippen LogP contribution < -0.4 is 5.32 Å². The van der Waals surface area contributed by atoms with Crippen LogP contribution in [0.1, 0.15) is 25.7 Å². The molecule has 15 heavy (non-hydrogen) atoms. The monoisotopic (exact) mass is 210 g/mol. The van der Waals surface area contributed by atoms with Gasteiger partial charge in [-0.25, -0.2) is 0 Å². The third kappa shape index (κ3) is 1.81. The summed E-state index contributed by atoms with van der Waals surface area (Å²) in [6.07, 6.45) is 6.53. The molecule has 3 nitrogen and oxygen atoms in total. The van der Waals surface area contributed by atoms with Gasteiger partial charge in [0.05, 0.1) is 12.2 Å². The Hall–Kier alpha value is -0.120. The molecule has 4 unspecified atom stereocenters. The van der Waals surface area contributed by atoms with Crippen molar-refractivity contribution in [2.24, 2.45) is 5.92 Å². The van der Waals surface area contributed by atoms with Crippen LogP contribution in [-0.4, -0.2) is 49.8 Å². The Kier molecular flexibility index (Phi) is 2.71. The smallest absolute Gasteiger partial charge is 0.0707 e. The van der Waals surface area contributed by atoms with Gasteiger partial charge in [0.2, 0.25) is 0 Å². The lowest BCUT2D eigenvalue weighted by molar-refractivity contribution is -0.0773. The van der Waals surface area contributed by atoms with Crippen LogP contribution in [0.2, 0.25) is 0 Å². The molecule has 1 N–H and O–H groups in total. The minimum atomic E-state index is 0.555. The highest BCUT2D eigenvalue weighted by Crippen LogP contribution is 2.36. The van der Waals surface area contributed by atoms with Crippen LogP contribution in [0.15, 0.2) is 0 Å². The molecule has 2 saturated heterocycles. The van der Waals surface area contributed by atoms with Gasteiger partial charge in [-0.1, -0.05) is 0 Å². The van der Waals surface area contributed by atoms with E-state index in [0.29, 0.717) is 12.2 Å². The average Bonchev–Trinajstić information content (AvgIpc) is 2.53. The van der Waals surface area contributed by atoms with Crippen LogP contribution in [-0.2, 0) is 4.74 Å². The largest absolute Gasteiger partial charge is 0.372 e. The molecule has 86 valence electrons. The predicted molar refractivity (Wildman–Crippen MR) is 59.9 cm³/mol. The third-order valence-corrected chi connectivity index (χ3v) is 4.38. The van der Waals surface area contributed by atoms with Crippen LogP contribution in [0, 0.1) is 5.92 Å². The maximum Gasteiger partial charge on any atom is 0.0707 e. The molecule has 0 spiro atoms. The van der Waals surface area contributed by atoms with Crippen LogP contribution in [0.4, 0.5) is 0 Å². The van der Waals surface area contributed by atoms with E-state index in [0.717, 1.165) is 12.0 Å². The Labute approximate surface area is 92.2 Å². The number of ether oxygens (including phenoxy) is 1. The minimum absolute atomic E-state index is 0.555. The van der Waals surface area contributed by atoms with Crippen LogP contribution in [0.25, 0.3) is 0 Å². The van der Waals surface area contributed by atoms with Crippen LogP contribution in [0.5, 0.6) is 0 Å². The second kappa shape index (κ2) is 4.04. The Balaban J connectivity index is 1.58. The number of likely N-dealkylation sites (tertiary alicyclic amines) is 1. The van der Waals surface area contributed by atoms with Gasteiger partial charge in [0.25, 0.3) is 0 Å². The van der Waals surface area contributed by atoms with Crippen molar-refractivity contribution in [3.05, 3.63) is 0 Å². The molecule has 2 aliphatic heterocycles. The summed E-state index contributed by atoms with van der Waals surface area (Å²) in [4.78, 5) is 2.71. The molecular formula is C12H22N2O. The minimum Gasteiger partial charge on any atom is -0.372 e. The molecule has 2 heterocycles. The van der Waals surface area contributed by atoms with Gasteiger partial charge in [0.1, 0.15) is 0 Å². The number of rotatable bonds is 3. The van der Waals surface area contributed by atoms with Crippen molar-refractivity contribution in [3.63, 3.8) is 0 Å². The Morgan fingerprint density at radius 2 is 1.87 bits per heavy atom. The molecule has 3 fully saturated rings. The van der Waals surface area contributed by atoms with Crippen molar-refractivity contribution in [2.75, 3.05) is 26.7 Å². The maximum atomic E-state index is 5.88. The van der Waals surface area contributed by atoms with Crippen molar-refractivity contribution in [2.45, 2.75) is 43.9 Å². The van der Waals surface area contributed by atoms with E-state index < -0.39 is 0 Å². The Morgan fingerprint density at radius 3 is 2.40 bits per heavy atom. The molecule has 1 aliphatic carbocycles. The second-order valence-corrected chi connectivity index (χ2v) is 5.37. The quantitative estimate of drug-likeness (QED) is 0.747. The lowest BCUT2D eigenvalue weighted by Gasteiger charge is -2.47. The summed E-state index contributed by atoms with van der Waals surface area (Å²) in [5.74, 6) is 0.896. The molecule has 0 aromatic rings. The third-order valence-electron chi connectivity index (χ3n) is 4.38. The highest BCUT2D eigenvalue weighted by atomic mass is 16.5. The number of nitrogens with one attached hydrogen (secondary N) is 1. The SMILES string of the molecule is CNCC1CCC1N1CC2CCC(C1)O2. The predicted octanol–water partition coefficient (Wildman–Crippen LogP) is 0.848. The fourth-order valence-corrected chi connectivity index (χ4v) is 3.45. The number of nitrogens with zero attached hydrogens (tertiary/aromatic N) is 1. The second-order valence-electron chi connectivity index (χ2n) is 5.37. The lowest BCUT2D eigenvalue weighted by Crippen LogP contribution is -2.55. The molecule has 1 saturated carbocycles. The van der Waals surface area contributed by atoms with Crippen molar-refractivity contribution in [3.8, 4) is 0 Å². The molecule has 0 amide bonds. The van der Waals surface area contributed by atoms with E-state index in [4.69, 9.17) is 4.74 Å². The standard InChI is InChI=1S/C12H22N2O/c1-13-6-9-2-5-12(9)14-7-10-3-4-11(8-14)15-10/h9-13H,2-8H2,1H3. The van der Waals surface area contributed by atoms with Gasteiger partial charge in [-0.2, -0.15) is 0 Å². The Morgan fingerprint density at radius 1 is 1.13 bits per heavy atom. The van der Waals surface area contributed by atoms with Crippen molar-refractivity contribution in [1.82, 2.24) is 10.2 Å². The van der Waals surface area contributed by atoms with Gasteiger partial charge in [-0.05, 0) is 45.2 Å². The Bertz CT molecular complexity index is 222. The highest BCUT2D eigenvalue weighted by molar-refractivity contribution is 4.95. The first-order chi connectivity index (χ1) is 7.36. The molecule has 0 radical (unpaired) electrons. The van der Waals surface area contributed by atoms with Gasteiger partial charge in [-0.15, -0.1) is 0 Å². The zero-order chi connectivity index (χ0) is 10.3. The summed E-state index contributed by atoms with van der Waals surface area (Å²) in [5.41, 5.74) is 0. The van der Waals surface area contributed by atoms with Gasteiger partial charge >= 0.3 is 0 Å². The van der Waals surface area contributed by atoms with E-state index in [1.807, 2.05) is 0 Å². The molecule has 3 heteroatoms. The van der Waals surface area contributed by atoms with Gasteiger partial charge < -0.3 is 10.1 Å². The molecule has 3 aliphatic rings. The summed E-state index contributed by atoms with van der Waals surface area (Å²) >= 11 is 0. The lowest BCUT2D eigenvalue weighted by atomic mass is 9.78. The number of hydrogen-bond acceptors (Lipinski definition) is 3. The summed E-state index contributed by atoms with van der Waals surface area (Å²) in [7, 11) is 2.07. The highest BCUT2D eigenvalue weighted by Gasteiger charge is 2.41. The maximum absolute atomic E-state index is 5.88. The first kappa shape index (κ1) is 10.1. The summed E-state index contributed by atoms with van der Waals surface area (Å²) in [6, 6.07) is 0.851. The van der Waals surface area contributed by atoms with Gasteiger partial charge in [0.15, 0.2) is 0 Å². The normalized spacial score (nSPS) is 45.4. The van der Waals surface area contributed by atoms with Crippen molar-refractivity contribution >= 4 is 0 Å². The molecule has 4 atom stereocenters. The fourth-order valence-electron chi connectivity index (χ4n) is 3.45. The zero-order valence-electron chi connectivity index (χ0n) is 9.61. The molecule has 2 bridgehead atoms. The van der Waals surface area contributed by atoms with Crippen LogP contribution in [0.3, 0.4) is 0 Å². The summed E-state index contributed by atoms with van der Waals surface area (Å²) in [5, 5.41) is 3.32. The van der Waals surface area contributed by atoms with Crippen molar-refractivity contribution < 1.29 is 4.74 Å². The first-order valence-electron chi connectivity index (χ1n) is 6.41. The fraction of sp³-hybridized carbons (Fsp3) is 1.00. The topological polar surface area (TPSA) is 24.5 Å². The summed E-state index contributed by atoms with van der Waals surface area (Å²) in [6.45, 7) is 3.58. The van der Waals surface area contributed by atoms with E-state index in [1.165, 1.54) is 45.3 Å². The van der Waals surface area contributed by atoms with Crippen molar-refractivity contribution in [1.29, 1.82) is 0 Å². The number of morpholine rings is 1. The zero-order valence-corrected chi connectivity index (χ0v) is 9.61. The van der Waals surface area contributed by atoms with E-state index in [9.17, 15) is 0 Å².